The summed E-state index contributed by atoms with van der Waals surface area (Å²) in [5.41, 5.74) is 2.38. The van der Waals surface area contributed by atoms with Crippen LogP contribution in [-0.4, -0.2) is 19.3 Å². The minimum Gasteiger partial charge on any atom is -0.379 e. The molecule has 1 rings (SSSR count). The Hall–Kier alpha value is -0.560. The summed E-state index contributed by atoms with van der Waals surface area (Å²) in [6, 6.07) is 2.17. The number of rotatable bonds is 5. The van der Waals surface area contributed by atoms with Gasteiger partial charge in [-0.2, -0.15) is 0 Å². The van der Waals surface area contributed by atoms with E-state index in [-0.39, 0.29) is 28.0 Å². The Balaban J connectivity index is 3.08. The lowest BCUT2D eigenvalue weighted by atomic mass is 9.82. The van der Waals surface area contributed by atoms with Crippen LogP contribution in [0.25, 0.3) is 0 Å². The Morgan fingerprint density at radius 1 is 1.35 bits per heavy atom. The molecular weight excluding hydrogens is 330 g/mol. The van der Waals surface area contributed by atoms with Crippen molar-refractivity contribution in [1.82, 2.24) is 5.43 Å². The van der Waals surface area contributed by atoms with Crippen molar-refractivity contribution in [1.29, 1.82) is 0 Å². The number of nitrogens with one attached hydrogen (secondary N) is 1. The molecule has 20 heavy (non-hydrogen) atoms. The van der Waals surface area contributed by atoms with Crippen molar-refractivity contribution in [3.63, 3.8) is 0 Å². The van der Waals surface area contributed by atoms with E-state index in [1.54, 1.807) is 7.11 Å². The molecule has 0 radical (unpaired) electrons. The number of methoxy groups -OCH3 is 1. The average molecular weight is 351 g/mol. The monoisotopic (exact) mass is 350 g/mol. The fraction of sp³-hybridized carbons (Fsp3) is 0.571. The zero-order valence-corrected chi connectivity index (χ0v) is 13.7. The first-order valence-corrected chi connectivity index (χ1v) is 7.13. The van der Waals surface area contributed by atoms with Crippen LogP contribution in [0.1, 0.15) is 26.3 Å². The fourth-order valence-corrected chi connectivity index (χ4v) is 2.72. The van der Waals surface area contributed by atoms with Gasteiger partial charge in [0.05, 0.1) is 16.6 Å². The van der Waals surface area contributed by atoms with Crippen molar-refractivity contribution in [2.45, 2.75) is 39.3 Å². The maximum atomic E-state index is 14.0. The summed E-state index contributed by atoms with van der Waals surface area (Å²) in [4.78, 5) is 0. The second kappa shape index (κ2) is 6.93. The van der Waals surface area contributed by atoms with Gasteiger partial charge in [-0.3, -0.25) is 11.3 Å². The van der Waals surface area contributed by atoms with E-state index in [1.807, 2.05) is 20.8 Å². The molecule has 0 saturated carbocycles. The molecule has 3 N–H and O–H groups in total. The highest BCUT2D eigenvalue weighted by molar-refractivity contribution is 9.10. The first-order valence-electron chi connectivity index (χ1n) is 6.33. The number of nitrogens with two attached hydrogens (primary N) is 1. The van der Waals surface area contributed by atoms with Crippen LogP contribution in [0.5, 0.6) is 0 Å². The van der Waals surface area contributed by atoms with Crippen LogP contribution in [-0.2, 0) is 11.2 Å². The lowest BCUT2D eigenvalue weighted by molar-refractivity contribution is -0.0114. The van der Waals surface area contributed by atoms with Gasteiger partial charge < -0.3 is 4.74 Å². The molecule has 2 unspecified atom stereocenters. The molecule has 6 heteroatoms. The fourth-order valence-electron chi connectivity index (χ4n) is 2.35. The van der Waals surface area contributed by atoms with E-state index < -0.39 is 17.7 Å². The Labute approximate surface area is 127 Å². The molecule has 0 aliphatic rings. The predicted octanol–water partition coefficient (Wildman–Crippen LogP) is 3.16. The smallest absolute Gasteiger partial charge is 0.143 e. The highest BCUT2D eigenvalue weighted by Gasteiger charge is 2.33. The third kappa shape index (κ3) is 3.97. The number of hydrogen-bond donors (Lipinski definition) is 2. The van der Waals surface area contributed by atoms with E-state index in [4.69, 9.17) is 10.6 Å². The number of halogens is 3. The van der Waals surface area contributed by atoms with Crippen LogP contribution in [0.4, 0.5) is 8.78 Å². The van der Waals surface area contributed by atoms with Gasteiger partial charge in [-0.25, -0.2) is 8.78 Å². The van der Waals surface area contributed by atoms with Gasteiger partial charge in [0.15, 0.2) is 0 Å². The highest BCUT2D eigenvalue weighted by atomic mass is 79.9. The van der Waals surface area contributed by atoms with Gasteiger partial charge >= 0.3 is 0 Å². The van der Waals surface area contributed by atoms with Gasteiger partial charge in [-0.1, -0.05) is 20.8 Å². The molecule has 114 valence electrons. The quantitative estimate of drug-likeness (QED) is 0.487. The Morgan fingerprint density at radius 2 is 1.95 bits per heavy atom. The van der Waals surface area contributed by atoms with Crippen molar-refractivity contribution in [2.24, 2.45) is 11.3 Å². The molecule has 0 aliphatic carbocycles. The van der Waals surface area contributed by atoms with Crippen molar-refractivity contribution in [2.75, 3.05) is 7.11 Å². The minimum atomic E-state index is -0.603. The van der Waals surface area contributed by atoms with Gasteiger partial charge in [0, 0.05) is 12.7 Å². The molecule has 0 aliphatic heterocycles. The van der Waals surface area contributed by atoms with Gasteiger partial charge in [0.25, 0.3) is 0 Å². The minimum absolute atomic E-state index is 0.00590. The van der Waals surface area contributed by atoms with Crippen LogP contribution in [0, 0.1) is 17.0 Å². The topological polar surface area (TPSA) is 47.3 Å². The number of ether oxygens (including phenoxy) is 1. The zero-order valence-electron chi connectivity index (χ0n) is 12.1. The molecule has 2 atom stereocenters. The van der Waals surface area contributed by atoms with Gasteiger partial charge in [-0.15, -0.1) is 0 Å². The molecule has 0 heterocycles. The summed E-state index contributed by atoms with van der Waals surface area (Å²) >= 11 is 3.06. The van der Waals surface area contributed by atoms with Crippen molar-refractivity contribution < 1.29 is 13.5 Å². The lowest BCUT2D eigenvalue weighted by Crippen LogP contribution is -2.51. The summed E-state index contributed by atoms with van der Waals surface area (Å²) < 4.78 is 33.5. The lowest BCUT2D eigenvalue weighted by Gasteiger charge is -2.35. The zero-order chi connectivity index (χ0) is 15.5. The van der Waals surface area contributed by atoms with E-state index in [9.17, 15) is 8.78 Å². The van der Waals surface area contributed by atoms with Gasteiger partial charge in [-0.05, 0) is 39.9 Å². The SMILES string of the molecule is COC(C(Cc1c(F)ccc(Br)c1F)NN)C(C)(C)C. The molecule has 0 saturated heterocycles. The molecule has 3 nitrogen and oxygen atoms in total. The van der Waals surface area contributed by atoms with Crippen molar-refractivity contribution >= 4 is 15.9 Å². The summed E-state index contributed by atoms with van der Waals surface area (Å²) in [5, 5.41) is 0. The number of benzene rings is 1. The van der Waals surface area contributed by atoms with E-state index >= 15 is 0 Å². The maximum absolute atomic E-state index is 14.0. The Bertz CT molecular complexity index is 463. The van der Waals surface area contributed by atoms with Crippen LogP contribution >= 0.6 is 15.9 Å². The molecule has 0 aromatic heterocycles. The average Bonchev–Trinajstić information content (AvgIpc) is 2.36. The summed E-state index contributed by atoms with van der Waals surface area (Å²) in [5.74, 6) is 4.35. The Morgan fingerprint density at radius 3 is 2.40 bits per heavy atom. The molecule has 0 amide bonds. The second-order valence-electron chi connectivity index (χ2n) is 5.82. The molecule has 1 aromatic carbocycles. The molecule has 0 spiro atoms. The maximum Gasteiger partial charge on any atom is 0.143 e. The third-order valence-electron chi connectivity index (χ3n) is 3.25. The van der Waals surface area contributed by atoms with E-state index in [1.165, 1.54) is 12.1 Å². The largest absolute Gasteiger partial charge is 0.379 e. The first-order chi connectivity index (χ1) is 9.22. The number of hydrazine groups is 1. The molecule has 0 bridgehead atoms. The first kappa shape index (κ1) is 17.5. The van der Waals surface area contributed by atoms with E-state index in [0.29, 0.717) is 0 Å². The number of hydrogen-bond acceptors (Lipinski definition) is 3. The van der Waals surface area contributed by atoms with Crippen LogP contribution in [0.3, 0.4) is 0 Å². The molecule has 1 aromatic rings. The summed E-state index contributed by atoms with van der Waals surface area (Å²) in [6.07, 6.45) is -0.186. The standard InChI is InChI=1S/C14H21BrF2N2O/c1-14(2,3)13(20-4)11(19-18)7-8-10(16)6-5-9(15)12(8)17/h5-6,11,13,19H,7,18H2,1-4H3. The van der Waals surface area contributed by atoms with Gasteiger partial charge in [0.1, 0.15) is 11.6 Å². The summed E-state index contributed by atoms with van der Waals surface area (Å²) in [6.45, 7) is 5.96. The normalized spacial score (nSPS) is 15.2. The van der Waals surface area contributed by atoms with Crippen LogP contribution in [0.15, 0.2) is 16.6 Å². The van der Waals surface area contributed by atoms with E-state index in [2.05, 4.69) is 21.4 Å². The third-order valence-corrected chi connectivity index (χ3v) is 3.86. The second-order valence-corrected chi connectivity index (χ2v) is 6.68. The predicted molar refractivity (Wildman–Crippen MR) is 79.1 cm³/mol. The van der Waals surface area contributed by atoms with Crippen molar-refractivity contribution in [3.8, 4) is 0 Å². The van der Waals surface area contributed by atoms with Crippen LogP contribution < -0.4 is 11.3 Å². The highest BCUT2D eigenvalue weighted by Crippen LogP contribution is 2.28. The van der Waals surface area contributed by atoms with E-state index in [0.717, 1.165) is 0 Å². The van der Waals surface area contributed by atoms with Crippen LogP contribution in [0.2, 0.25) is 0 Å². The Kier molecular flexibility index (Phi) is 6.06. The van der Waals surface area contributed by atoms with Gasteiger partial charge in [0.2, 0.25) is 0 Å². The van der Waals surface area contributed by atoms with Crippen molar-refractivity contribution in [3.05, 3.63) is 33.8 Å². The summed E-state index contributed by atoms with van der Waals surface area (Å²) in [7, 11) is 1.56. The molecular formula is C14H21BrF2N2O. The molecule has 0 fully saturated rings.